The van der Waals surface area contributed by atoms with E-state index in [1.165, 1.54) is 36.5 Å². The summed E-state index contributed by atoms with van der Waals surface area (Å²) in [5.74, 6) is 4.92. The van der Waals surface area contributed by atoms with Crippen LogP contribution < -0.4 is 0 Å². The molecule has 4 atom stereocenters. The summed E-state index contributed by atoms with van der Waals surface area (Å²) in [5, 5.41) is 1.68. The third kappa shape index (κ3) is 3.93. The maximum atomic E-state index is 2.49. The number of hydrogen-bond acceptors (Lipinski definition) is 4. The Morgan fingerprint density at radius 3 is 2.29 bits per heavy atom. The molecule has 4 heteroatoms. The predicted octanol–water partition coefficient (Wildman–Crippen LogP) is 5.18. The molecule has 1 spiro atoms. The van der Waals surface area contributed by atoms with Gasteiger partial charge in [0.1, 0.15) is 3.41 Å². The molecule has 2 aliphatic rings. The van der Waals surface area contributed by atoms with E-state index in [4.69, 9.17) is 0 Å². The monoisotopic (exact) mass is 308 g/mol. The first-order chi connectivity index (χ1) is 8.12. The Bertz CT molecular complexity index is 246. The lowest BCUT2D eigenvalue weighted by Crippen LogP contribution is -2.26. The summed E-state index contributed by atoms with van der Waals surface area (Å²) in [4.78, 5) is 0. The molecule has 4 unspecified atom stereocenters. The Morgan fingerprint density at radius 1 is 0.941 bits per heavy atom. The van der Waals surface area contributed by atoms with E-state index < -0.39 is 0 Å². The van der Waals surface area contributed by atoms with Crippen LogP contribution in [0.4, 0.5) is 0 Å². The summed E-state index contributed by atoms with van der Waals surface area (Å²) in [5.41, 5.74) is 0. The van der Waals surface area contributed by atoms with Crippen molar-refractivity contribution >= 4 is 47.0 Å². The Kier molecular flexibility index (Phi) is 5.85. The molecular formula is C13H24S4. The largest absolute Gasteiger partial charge is 0.158 e. The summed E-state index contributed by atoms with van der Waals surface area (Å²) in [6.45, 7) is 7.30. The van der Waals surface area contributed by atoms with Gasteiger partial charge in [-0.25, -0.2) is 0 Å². The van der Waals surface area contributed by atoms with Crippen molar-refractivity contribution in [3.63, 3.8) is 0 Å². The van der Waals surface area contributed by atoms with Gasteiger partial charge < -0.3 is 0 Å². The Labute approximate surface area is 124 Å². The van der Waals surface area contributed by atoms with Crippen molar-refractivity contribution in [1.82, 2.24) is 0 Å². The molecule has 0 bridgehead atoms. The topological polar surface area (TPSA) is 0 Å². The van der Waals surface area contributed by atoms with Crippen molar-refractivity contribution < 1.29 is 0 Å². The van der Waals surface area contributed by atoms with Crippen molar-refractivity contribution in [3.8, 4) is 0 Å². The minimum atomic E-state index is 0.478. The zero-order valence-electron chi connectivity index (χ0n) is 11.1. The first kappa shape index (κ1) is 14.8. The fourth-order valence-electron chi connectivity index (χ4n) is 2.35. The lowest BCUT2D eigenvalue weighted by molar-refractivity contribution is 0.528. The van der Waals surface area contributed by atoms with Crippen molar-refractivity contribution in [2.45, 2.75) is 53.9 Å². The quantitative estimate of drug-likeness (QED) is 0.604. The molecule has 17 heavy (non-hydrogen) atoms. The minimum absolute atomic E-state index is 0.478. The van der Waals surface area contributed by atoms with Crippen molar-refractivity contribution in [1.29, 1.82) is 0 Å². The van der Waals surface area contributed by atoms with E-state index in [0.29, 0.717) is 3.41 Å². The highest BCUT2D eigenvalue weighted by atomic mass is 32.3. The van der Waals surface area contributed by atoms with Crippen LogP contribution in [0, 0.1) is 5.92 Å². The highest BCUT2D eigenvalue weighted by Gasteiger charge is 2.44. The molecule has 0 amide bonds. The molecule has 0 aromatic carbocycles. The molecule has 0 aliphatic carbocycles. The number of thioether (sulfide) groups is 4. The molecule has 2 heterocycles. The molecular weight excluding hydrogens is 284 g/mol. The van der Waals surface area contributed by atoms with E-state index in [1.807, 2.05) is 0 Å². The first-order valence-corrected chi connectivity index (χ1v) is 10.6. The van der Waals surface area contributed by atoms with E-state index in [-0.39, 0.29) is 0 Å². The van der Waals surface area contributed by atoms with E-state index in [0.717, 1.165) is 16.4 Å². The van der Waals surface area contributed by atoms with Gasteiger partial charge in [0, 0.05) is 22.0 Å². The lowest BCUT2D eigenvalue weighted by Gasteiger charge is -2.35. The Morgan fingerprint density at radius 2 is 1.65 bits per heavy atom. The smallest absolute Gasteiger partial charge is 0.109 e. The summed E-state index contributed by atoms with van der Waals surface area (Å²) in [6.07, 6.45) is 4.28. The average Bonchev–Trinajstić information content (AvgIpc) is 2.68. The molecule has 0 radical (unpaired) electrons. The van der Waals surface area contributed by atoms with Crippen molar-refractivity contribution in [2.24, 2.45) is 5.92 Å². The summed E-state index contributed by atoms with van der Waals surface area (Å²) in [6, 6.07) is 0. The van der Waals surface area contributed by atoms with E-state index in [2.05, 4.69) is 67.8 Å². The standard InChI is InChI=1S/C13H24S4/c1-10-6-4-5-7-14-11(2)8-15-13(10)16-9-12(3)17-13/h10-12H,4-9H2,1-3H3. The van der Waals surface area contributed by atoms with Crippen LogP contribution in [0.15, 0.2) is 0 Å². The van der Waals surface area contributed by atoms with Crippen LogP contribution in [0.5, 0.6) is 0 Å². The summed E-state index contributed by atoms with van der Waals surface area (Å²) < 4.78 is 0.478. The lowest BCUT2D eigenvalue weighted by atomic mass is 10.1. The van der Waals surface area contributed by atoms with Gasteiger partial charge in [0.15, 0.2) is 0 Å². The molecule has 0 aromatic heterocycles. The van der Waals surface area contributed by atoms with Gasteiger partial charge in [0.05, 0.1) is 0 Å². The molecule has 0 aromatic rings. The van der Waals surface area contributed by atoms with Crippen molar-refractivity contribution in [2.75, 3.05) is 17.3 Å². The van der Waals surface area contributed by atoms with E-state index >= 15 is 0 Å². The van der Waals surface area contributed by atoms with Crippen LogP contribution in [0.2, 0.25) is 0 Å². The Balaban J connectivity index is 2.03. The predicted molar refractivity (Wildman–Crippen MR) is 89.6 cm³/mol. The van der Waals surface area contributed by atoms with Crippen LogP contribution in [-0.2, 0) is 0 Å². The average molecular weight is 309 g/mol. The van der Waals surface area contributed by atoms with E-state index in [9.17, 15) is 0 Å². The van der Waals surface area contributed by atoms with Gasteiger partial charge in [-0.15, -0.1) is 35.3 Å². The maximum absolute atomic E-state index is 2.49. The van der Waals surface area contributed by atoms with Gasteiger partial charge in [0.25, 0.3) is 0 Å². The molecule has 0 saturated carbocycles. The molecule has 0 nitrogen and oxygen atoms in total. The van der Waals surface area contributed by atoms with Crippen LogP contribution >= 0.6 is 47.0 Å². The van der Waals surface area contributed by atoms with Gasteiger partial charge in [-0.3, -0.25) is 0 Å². The van der Waals surface area contributed by atoms with Gasteiger partial charge in [-0.1, -0.05) is 27.2 Å². The minimum Gasteiger partial charge on any atom is -0.158 e. The molecule has 2 saturated heterocycles. The van der Waals surface area contributed by atoms with Gasteiger partial charge >= 0.3 is 0 Å². The maximum Gasteiger partial charge on any atom is 0.109 e. The number of hydrogen-bond donors (Lipinski definition) is 0. The SMILES string of the molecule is CC1CSC2(SCC(C)S2)C(C)CCCCS1. The molecule has 0 N–H and O–H groups in total. The molecule has 100 valence electrons. The third-order valence-electron chi connectivity index (χ3n) is 3.44. The highest BCUT2D eigenvalue weighted by molar-refractivity contribution is 8.36. The zero-order valence-corrected chi connectivity index (χ0v) is 14.4. The molecule has 2 aliphatic heterocycles. The van der Waals surface area contributed by atoms with Crippen LogP contribution in [0.25, 0.3) is 0 Å². The second kappa shape index (κ2) is 6.71. The van der Waals surface area contributed by atoms with E-state index in [1.54, 1.807) is 0 Å². The first-order valence-electron chi connectivity index (χ1n) is 6.70. The van der Waals surface area contributed by atoms with Crippen LogP contribution in [0.3, 0.4) is 0 Å². The normalized spacial score (nSPS) is 45.0. The summed E-state index contributed by atoms with van der Waals surface area (Å²) >= 11 is 8.93. The zero-order chi connectivity index (χ0) is 12.3. The van der Waals surface area contributed by atoms with Crippen LogP contribution in [0.1, 0.15) is 40.0 Å². The second-order valence-electron chi connectivity index (χ2n) is 5.23. The fourth-order valence-corrected chi connectivity index (χ4v) is 9.52. The van der Waals surface area contributed by atoms with Gasteiger partial charge in [-0.05, 0) is 24.5 Å². The second-order valence-corrected chi connectivity index (χ2v) is 11.8. The van der Waals surface area contributed by atoms with Gasteiger partial charge in [0.2, 0.25) is 0 Å². The summed E-state index contributed by atoms with van der Waals surface area (Å²) in [7, 11) is 0. The fraction of sp³-hybridized carbons (Fsp3) is 1.00. The van der Waals surface area contributed by atoms with Crippen LogP contribution in [-0.4, -0.2) is 31.2 Å². The highest BCUT2D eigenvalue weighted by Crippen LogP contribution is 2.60. The third-order valence-corrected chi connectivity index (χ3v) is 11.4. The molecule has 2 fully saturated rings. The molecule has 2 rings (SSSR count). The van der Waals surface area contributed by atoms with Gasteiger partial charge in [-0.2, -0.15) is 11.8 Å². The van der Waals surface area contributed by atoms with Crippen molar-refractivity contribution in [3.05, 3.63) is 0 Å². The Hall–Kier alpha value is 1.40. The number of rotatable bonds is 0.